The van der Waals surface area contributed by atoms with Gasteiger partial charge in [-0.15, -0.1) is 0 Å². The molecule has 65 heavy (non-hydrogen) atoms. The van der Waals surface area contributed by atoms with Gasteiger partial charge in [-0.3, -0.25) is 9.59 Å². The molecule has 2 bridgehead atoms. The molecule has 15 heteroatoms. The molecule has 3 aromatic carbocycles. The lowest BCUT2D eigenvalue weighted by Gasteiger charge is -2.67. The maximum absolute atomic E-state index is 15.6. The number of benzene rings is 3. The molecular weight excluding hydrogens is 851 g/mol. The van der Waals surface area contributed by atoms with Crippen molar-refractivity contribution in [2.75, 3.05) is 6.61 Å². The number of aliphatic hydroxyl groups excluding tert-OH is 1. The van der Waals surface area contributed by atoms with E-state index in [1.165, 1.54) is 12.1 Å². The predicted molar refractivity (Wildman–Crippen MR) is 238 cm³/mol. The minimum absolute atomic E-state index is 0.0427. The van der Waals surface area contributed by atoms with Gasteiger partial charge >= 0.3 is 18.0 Å². The number of Topliss-reactive ketones (excluding diaryl/α,β-unsaturated/α-hetero) is 1. The molecule has 0 spiro atoms. The van der Waals surface area contributed by atoms with Crippen LogP contribution in [0.2, 0.25) is 18.1 Å². The number of cyclic esters (lactones) is 1. The highest BCUT2D eigenvalue weighted by molar-refractivity contribution is 6.73. The second-order valence-corrected chi connectivity index (χ2v) is 23.8. The monoisotopic (exact) mass is 909 g/mol. The molecule has 5 aliphatic rings. The molecule has 2 saturated carbocycles. The third-order valence-electron chi connectivity index (χ3n) is 15.8. The average molecular weight is 910 g/mol. The summed E-state index contributed by atoms with van der Waals surface area (Å²) >= 11 is 0. The minimum Gasteiger partial charge on any atom is -0.455 e. The van der Waals surface area contributed by atoms with Crippen molar-refractivity contribution in [3.8, 4) is 0 Å². The summed E-state index contributed by atoms with van der Waals surface area (Å²) in [5.74, 6) is -4.73. The quantitative estimate of drug-likeness (QED) is 0.0818. The van der Waals surface area contributed by atoms with Crippen LogP contribution in [0.3, 0.4) is 0 Å². The Hall–Kier alpha value is -5.03. The zero-order chi connectivity index (χ0) is 46.9. The second-order valence-electron chi connectivity index (χ2n) is 19.1. The van der Waals surface area contributed by atoms with Crippen LogP contribution in [0.15, 0.2) is 102 Å². The Labute approximate surface area is 380 Å². The van der Waals surface area contributed by atoms with E-state index in [9.17, 15) is 34.5 Å². The largest absolute Gasteiger partial charge is 0.455 e. The van der Waals surface area contributed by atoms with E-state index in [0.717, 1.165) is 23.0 Å². The number of ketones is 1. The number of hydrogen-bond donors (Lipinski definition) is 3. The molecule has 346 valence electrons. The molecule has 2 saturated heterocycles. The first-order valence-corrected chi connectivity index (χ1v) is 25.1. The van der Waals surface area contributed by atoms with Crippen LogP contribution in [-0.4, -0.2) is 113 Å². The van der Waals surface area contributed by atoms with Crippen molar-refractivity contribution < 1.29 is 62.7 Å². The molecule has 10 unspecified atom stereocenters. The van der Waals surface area contributed by atoms with Crippen molar-refractivity contribution >= 4 is 38.0 Å². The van der Waals surface area contributed by atoms with E-state index >= 15 is 4.79 Å². The van der Waals surface area contributed by atoms with Crippen LogP contribution < -0.4 is 0 Å². The van der Waals surface area contributed by atoms with Gasteiger partial charge in [-0.1, -0.05) is 101 Å². The number of ether oxygens (including phenoxy) is 4. The first-order chi connectivity index (χ1) is 30.8. The van der Waals surface area contributed by atoms with Gasteiger partial charge in [-0.2, -0.15) is 0 Å². The summed E-state index contributed by atoms with van der Waals surface area (Å²) in [7, 11) is -2.54. The molecule has 3 aromatic rings. The number of esters is 2. The Kier molecular flexibility index (Phi) is 12.2. The smallest absolute Gasteiger partial charge is 0.418 e. The number of fused-ring (bicyclic) bond motifs is 5. The molecule has 2 aliphatic heterocycles. The SMILES string of the molecule is CC[Si](CC)(CC)O[C@H]1CC2OCC2(O)C2C(OC(=O)c3ccccc3)C3(O)CC(OC(=O)C4OC(=O)N(C(=O)c5ccccc5)C4c4ccccc4)C(C)=C(C(O)C(=O)C21C)C3(C)C. The summed E-state index contributed by atoms with van der Waals surface area (Å²) in [6, 6.07) is 25.6. The second kappa shape index (κ2) is 17.0. The lowest BCUT2D eigenvalue weighted by Crippen LogP contribution is -2.81. The van der Waals surface area contributed by atoms with Crippen LogP contribution in [0.25, 0.3) is 0 Å². The first-order valence-electron chi connectivity index (χ1n) is 22.6. The topological polar surface area (TPSA) is 195 Å². The van der Waals surface area contributed by atoms with Gasteiger partial charge in [0.2, 0.25) is 6.10 Å². The third-order valence-corrected chi connectivity index (χ3v) is 20.4. The molecule has 2 heterocycles. The average Bonchev–Trinajstić information content (AvgIpc) is 3.66. The zero-order valence-corrected chi connectivity index (χ0v) is 38.9. The van der Waals surface area contributed by atoms with Gasteiger partial charge in [0.05, 0.1) is 29.8 Å². The number of carbonyl (C=O) groups is 5. The van der Waals surface area contributed by atoms with E-state index in [4.69, 9.17) is 23.4 Å². The van der Waals surface area contributed by atoms with Crippen molar-refractivity contribution in [1.82, 2.24) is 4.90 Å². The maximum atomic E-state index is 15.6. The van der Waals surface area contributed by atoms with Crippen LogP contribution in [-0.2, 0) is 33.0 Å². The van der Waals surface area contributed by atoms with Crippen LogP contribution in [0.5, 0.6) is 0 Å². The van der Waals surface area contributed by atoms with Crippen LogP contribution >= 0.6 is 0 Å². The Morgan fingerprint density at radius 1 is 0.831 bits per heavy atom. The summed E-state index contributed by atoms with van der Waals surface area (Å²) in [6.45, 7) is 12.4. The van der Waals surface area contributed by atoms with Crippen LogP contribution in [0.1, 0.15) is 93.6 Å². The van der Waals surface area contributed by atoms with Crippen LogP contribution in [0.4, 0.5) is 4.79 Å². The summed E-state index contributed by atoms with van der Waals surface area (Å²) in [5, 5.41) is 39.3. The Balaban J connectivity index is 1.26. The molecular formula is C50H59NO13Si. The summed E-state index contributed by atoms with van der Waals surface area (Å²) in [4.78, 5) is 73.2. The maximum Gasteiger partial charge on any atom is 0.418 e. The van der Waals surface area contributed by atoms with Crippen molar-refractivity contribution in [3.63, 3.8) is 0 Å². The third kappa shape index (κ3) is 7.21. The highest BCUT2D eigenvalue weighted by atomic mass is 28.4. The summed E-state index contributed by atoms with van der Waals surface area (Å²) < 4.78 is 31.7. The standard InChI is InChI=1S/C50H59NO13Si/c1-8-65(9-2,10-3)64-34-26-35-49(58,28-60-35)40-42(63-44(55)32-24-18-13-19-25-32)50(59)27-33(29(4)36(47(50,5)6)38(52)41(53)48(34,40)7)61-45(56)39-37(30-20-14-11-15-21-30)51(46(57)62-39)43(54)31-22-16-12-17-23-31/h11-25,33-35,37-40,42,52,58-59H,8-10,26-28H2,1-7H3/t33?,34-,35?,37?,38?,39?,40?,42?,48?,49?,50?/m0/s1. The van der Waals surface area contributed by atoms with Gasteiger partial charge < -0.3 is 38.7 Å². The molecule has 3 N–H and O–H groups in total. The van der Waals surface area contributed by atoms with Gasteiger partial charge in [-0.05, 0) is 73.0 Å². The number of nitrogens with zero attached hydrogens (tertiary/aromatic N) is 1. The highest BCUT2D eigenvalue weighted by Gasteiger charge is 2.77. The predicted octanol–water partition coefficient (Wildman–Crippen LogP) is 6.49. The summed E-state index contributed by atoms with van der Waals surface area (Å²) in [5.41, 5.74) is -6.44. The molecule has 11 atom stereocenters. The number of carbonyl (C=O) groups excluding carboxylic acids is 5. The minimum atomic E-state index is -2.54. The van der Waals surface area contributed by atoms with Crippen molar-refractivity contribution in [3.05, 3.63) is 119 Å². The van der Waals surface area contributed by atoms with Crippen LogP contribution in [0, 0.1) is 16.7 Å². The number of aliphatic hydroxyl groups is 3. The van der Waals surface area contributed by atoms with Gasteiger partial charge in [-0.25, -0.2) is 19.3 Å². The van der Waals surface area contributed by atoms with Gasteiger partial charge in [0.15, 0.2) is 14.1 Å². The summed E-state index contributed by atoms with van der Waals surface area (Å²) in [6.07, 6.45) is -9.91. The van der Waals surface area contributed by atoms with Gasteiger partial charge in [0.1, 0.15) is 35.6 Å². The fourth-order valence-corrected chi connectivity index (χ4v) is 14.5. The Morgan fingerprint density at radius 2 is 1.40 bits per heavy atom. The molecule has 14 nitrogen and oxygen atoms in total. The number of rotatable bonds is 11. The molecule has 8 rings (SSSR count). The lowest BCUT2D eigenvalue weighted by molar-refractivity contribution is -0.342. The fraction of sp³-hybridized carbons (Fsp3) is 0.500. The van der Waals surface area contributed by atoms with E-state index in [1.807, 2.05) is 0 Å². The Morgan fingerprint density at radius 3 is 1.95 bits per heavy atom. The van der Waals surface area contributed by atoms with Crippen molar-refractivity contribution in [1.29, 1.82) is 0 Å². The Bertz CT molecular complexity index is 2360. The lowest BCUT2D eigenvalue weighted by atomic mass is 9.44. The molecule has 2 amide bonds. The molecule has 0 aromatic heterocycles. The number of imide groups is 1. The highest BCUT2D eigenvalue weighted by Crippen LogP contribution is 2.64. The first kappa shape index (κ1) is 46.5. The number of amides is 2. The van der Waals surface area contributed by atoms with Crippen molar-refractivity contribution in [2.45, 2.75) is 133 Å². The van der Waals surface area contributed by atoms with Gasteiger partial charge in [0.25, 0.3) is 5.91 Å². The molecule has 4 fully saturated rings. The molecule has 0 radical (unpaired) electrons. The van der Waals surface area contributed by atoms with Crippen molar-refractivity contribution in [2.24, 2.45) is 16.7 Å². The van der Waals surface area contributed by atoms with E-state index in [-0.39, 0.29) is 35.3 Å². The van der Waals surface area contributed by atoms with E-state index in [0.29, 0.717) is 5.56 Å². The molecule has 3 aliphatic carbocycles. The van der Waals surface area contributed by atoms with Gasteiger partial charge in [0, 0.05) is 29.7 Å². The fourth-order valence-electron chi connectivity index (χ4n) is 11.6. The van der Waals surface area contributed by atoms with E-state index in [2.05, 4.69) is 20.8 Å². The number of hydrogen-bond acceptors (Lipinski definition) is 13. The van der Waals surface area contributed by atoms with E-state index < -0.39 is 115 Å². The normalized spacial score (nSPS) is 34.0. The zero-order valence-electron chi connectivity index (χ0n) is 37.9. The van der Waals surface area contributed by atoms with E-state index in [1.54, 1.807) is 107 Å².